The summed E-state index contributed by atoms with van der Waals surface area (Å²) in [5.74, 6) is -0.265. The third-order valence-electron chi connectivity index (χ3n) is 5.60. The van der Waals surface area contributed by atoms with Gasteiger partial charge in [0.15, 0.2) is 0 Å². The monoisotopic (exact) mass is 453 g/mol. The average molecular weight is 453 g/mol. The van der Waals surface area contributed by atoms with Crippen LogP contribution in [0, 0.1) is 11.3 Å². The number of carbonyl (C=O) groups is 1. The number of pyridine rings is 1. The average Bonchev–Trinajstić information content (AvgIpc) is 2.78. The molecule has 1 aliphatic heterocycles. The first-order valence-electron chi connectivity index (χ1n) is 9.94. The van der Waals surface area contributed by atoms with Gasteiger partial charge in [0.05, 0.1) is 31.5 Å². The smallest absolute Gasteiger partial charge is 0.392 e. The maximum Gasteiger partial charge on any atom is 0.433 e. The molecule has 1 aliphatic rings. The predicted molar refractivity (Wildman–Crippen MR) is 113 cm³/mol. The molecule has 0 bridgehead atoms. The van der Waals surface area contributed by atoms with Gasteiger partial charge >= 0.3 is 6.18 Å². The quantitative estimate of drug-likeness (QED) is 0.608. The van der Waals surface area contributed by atoms with E-state index in [0.29, 0.717) is 27.9 Å². The molecular weight excluding hydrogens is 435 g/mol. The number of anilines is 1. The van der Waals surface area contributed by atoms with Gasteiger partial charge in [-0.1, -0.05) is 24.3 Å². The molecule has 0 unspecified atom stereocenters. The zero-order valence-electron chi connectivity index (χ0n) is 17.2. The van der Waals surface area contributed by atoms with Crippen molar-refractivity contribution in [1.29, 1.82) is 5.26 Å². The van der Waals surface area contributed by atoms with Gasteiger partial charge < -0.3 is 15.2 Å². The Morgan fingerprint density at radius 2 is 1.82 bits per heavy atom. The maximum atomic E-state index is 13.1. The Kier molecular flexibility index (Phi) is 5.89. The minimum Gasteiger partial charge on any atom is -0.392 e. The number of hydrogen-bond donors (Lipinski definition) is 2. The molecule has 0 saturated carbocycles. The van der Waals surface area contributed by atoms with Gasteiger partial charge in [-0.15, -0.1) is 0 Å². The lowest BCUT2D eigenvalue weighted by Gasteiger charge is -2.40. The van der Waals surface area contributed by atoms with Gasteiger partial charge in [0.2, 0.25) is 5.91 Å². The SMILES string of the molecule is N#Cc1ccc(NC(=O)C2(c3ccc(-c4cnc(C(F)(F)F)cc4CO)cc3)COC2)cc1. The molecule has 0 aliphatic carbocycles. The second kappa shape index (κ2) is 8.65. The first-order chi connectivity index (χ1) is 15.8. The first kappa shape index (κ1) is 22.5. The van der Waals surface area contributed by atoms with Crippen molar-refractivity contribution >= 4 is 11.6 Å². The summed E-state index contributed by atoms with van der Waals surface area (Å²) in [5.41, 5.74) is 0.766. The largest absolute Gasteiger partial charge is 0.433 e. The fraction of sp³-hybridized carbons (Fsp3) is 0.208. The molecule has 1 aromatic heterocycles. The van der Waals surface area contributed by atoms with Crippen molar-refractivity contribution in [3.8, 4) is 17.2 Å². The Balaban J connectivity index is 1.59. The number of nitrogens with one attached hydrogen (secondary N) is 1. The van der Waals surface area contributed by atoms with Gasteiger partial charge in [-0.25, -0.2) is 0 Å². The van der Waals surface area contributed by atoms with Crippen LogP contribution in [0.25, 0.3) is 11.1 Å². The Hall–Kier alpha value is -3.74. The standard InChI is InChI=1S/C24H18F3N3O3/c25-24(26,27)21-9-17(12-31)20(11-29-21)16-3-5-18(6-4-16)23(13-33-14-23)22(32)30-19-7-1-15(10-28)2-8-19/h1-9,11,31H,12-14H2,(H,30,32). The van der Waals surface area contributed by atoms with Crippen LogP contribution in [0.2, 0.25) is 0 Å². The summed E-state index contributed by atoms with van der Waals surface area (Å²) in [6.07, 6.45) is -3.52. The summed E-state index contributed by atoms with van der Waals surface area (Å²) in [5, 5.41) is 21.3. The summed E-state index contributed by atoms with van der Waals surface area (Å²) in [6, 6.07) is 16.1. The first-order valence-corrected chi connectivity index (χ1v) is 9.94. The Morgan fingerprint density at radius 1 is 1.15 bits per heavy atom. The van der Waals surface area contributed by atoms with Crippen molar-refractivity contribution in [2.45, 2.75) is 18.2 Å². The van der Waals surface area contributed by atoms with Crippen LogP contribution in [-0.2, 0) is 27.7 Å². The zero-order valence-corrected chi connectivity index (χ0v) is 17.2. The molecule has 1 saturated heterocycles. The molecule has 4 rings (SSSR count). The summed E-state index contributed by atoms with van der Waals surface area (Å²) >= 11 is 0. The topological polar surface area (TPSA) is 95.2 Å². The summed E-state index contributed by atoms with van der Waals surface area (Å²) in [7, 11) is 0. The molecule has 1 fully saturated rings. The van der Waals surface area contributed by atoms with Crippen molar-refractivity contribution in [1.82, 2.24) is 4.98 Å². The number of rotatable bonds is 5. The van der Waals surface area contributed by atoms with Crippen LogP contribution in [0.1, 0.15) is 22.4 Å². The van der Waals surface area contributed by atoms with Crippen LogP contribution in [0.15, 0.2) is 60.8 Å². The lowest BCUT2D eigenvalue weighted by atomic mass is 9.77. The van der Waals surface area contributed by atoms with Crippen molar-refractivity contribution in [3.63, 3.8) is 0 Å². The lowest BCUT2D eigenvalue weighted by molar-refractivity contribution is -0.141. The van der Waals surface area contributed by atoms with Crippen LogP contribution in [0.4, 0.5) is 18.9 Å². The van der Waals surface area contributed by atoms with E-state index in [9.17, 15) is 23.1 Å². The van der Waals surface area contributed by atoms with Gasteiger partial charge in [0.1, 0.15) is 11.1 Å². The third-order valence-corrected chi connectivity index (χ3v) is 5.60. The van der Waals surface area contributed by atoms with Gasteiger partial charge in [-0.3, -0.25) is 9.78 Å². The number of halogens is 3. The van der Waals surface area contributed by atoms with E-state index < -0.39 is 23.9 Å². The highest BCUT2D eigenvalue weighted by Crippen LogP contribution is 2.36. The van der Waals surface area contributed by atoms with Gasteiger partial charge in [0.25, 0.3) is 0 Å². The number of nitriles is 1. The minimum absolute atomic E-state index is 0.102. The number of amides is 1. The van der Waals surface area contributed by atoms with E-state index >= 15 is 0 Å². The molecule has 0 atom stereocenters. The third kappa shape index (κ3) is 4.31. The van der Waals surface area contributed by atoms with Crippen molar-refractivity contribution in [3.05, 3.63) is 83.2 Å². The van der Waals surface area contributed by atoms with Crippen molar-refractivity contribution < 1.29 is 27.8 Å². The minimum atomic E-state index is -4.61. The van der Waals surface area contributed by atoms with E-state index in [1.54, 1.807) is 48.5 Å². The van der Waals surface area contributed by atoms with Crippen LogP contribution < -0.4 is 5.32 Å². The predicted octanol–water partition coefficient (Wildman–Crippen LogP) is 4.04. The fourth-order valence-electron chi connectivity index (χ4n) is 3.63. The number of benzene rings is 2. The van der Waals surface area contributed by atoms with E-state index in [2.05, 4.69) is 10.3 Å². The number of ether oxygens (including phenoxy) is 1. The number of aliphatic hydroxyl groups is 1. The molecule has 2 heterocycles. The molecule has 9 heteroatoms. The second-order valence-electron chi connectivity index (χ2n) is 7.68. The number of aromatic nitrogens is 1. The van der Waals surface area contributed by atoms with Gasteiger partial charge in [0, 0.05) is 17.4 Å². The zero-order chi connectivity index (χ0) is 23.6. The molecule has 0 radical (unpaired) electrons. The Morgan fingerprint density at radius 3 is 2.33 bits per heavy atom. The number of hydrogen-bond acceptors (Lipinski definition) is 5. The van der Waals surface area contributed by atoms with Crippen molar-refractivity contribution in [2.24, 2.45) is 0 Å². The molecule has 2 aromatic carbocycles. The molecular formula is C24H18F3N3O3. The molecule has 1 amide bonds. The second-order valence-corrected chi connectivity index (χ2v) is 7.68. The number of aliphatic hydroxyl groups excluding tert-OH is 1. The van der Waals surface area contributed by atoms with Crippen LogP contribution >= 0.6 is 0 Å². The number of alkyl halides is 3. The van der Waals surface area contributed by atoms with E-state index in [4.69, 9.17) is 10.00 Å². The maximum absolute atomic E-state index is 13.1. The van der Waals surface area contributed by atoms with E-state index in [-0.39, 0.29) is 24.7 Å². The van der Waals surface area contributed by atoms with Gasteiger partial charge in [-0.05, 0) is 47.0 Å². The molecule has 3 aromatic rings. The summed E-state index contributed by atoms with van der Waals surface area (Å²) in [6.45, 7) is -0.218. The number of nitrogens with zero attached hydrogens (tertiary/aromatic N) is 2. The highest BCUT2D eigenvalue weighted by molar-refractivity contribution is 6.00. The highest BCUT2D eigenvalue weighted by Gasteiger charge is 2.47. The van der Waals surface area contributed by atoms with Crippen LogP contribution in [-0.4, -0.2) is 29.2 Å². The molecule has 0 spiro atoms. The van der Waals surface area contributed by atoms with E-state index in [1.165, 1.54) is 0 Å². The van der Waals surface area contributed by atoms with E-state index in [0.717, 1.165) is 12.3 Å². The fourth-order valence-corrected chi connectivity index (χ4v) is 3.63. The summed E-state index contributed by atoms with van der Waals surface area (Å²) < 4.78 is 44.1. The van der Waals surface area contributed by atoms with Crippen molar-refractivity contribution in [2.75, 3.05) is 18.5 Å². The molecule has 33 heavy (non-hydrogen) atoms. The van der Waals surface area contributed by atoms with Crippen LogP contribution in [0.5, 0.6) is 0 Å². The molecule has 2 N–H and O–H groups in total. The Labute approximate surface area is 187 Å². The van der Waals surface area contributed by atoms with E-state index in [1.807, 2.05) is 6.07 Å². The summed E-state index contributed by atoms with van der Waals surface area (Å²) in [4.78, 5) is 16.5. The van der Waals surface area contributed by atoms with Crippen LogP contribution in [0.3, 0.4) is 0 Å². The Bertz CT molecular complexity index is 1210. The molecule has 168 valence electrons. The highest BCUT2D eigenvalue weighted by atomic mass is 19.4. The van der Waals surface area contributed by atoms with Gasteiger partial charge in [-0.2, -0.15) is 18.4 Å². The molecule has 6 nitrogen and oxygen atoms in total. The lowest BCUT2D eigenvalue weighted by Crippen LogP contribution is -2.55. The normalized spacial score (nSPS) is 14.8. The number of carbonyl (C=O) groups excluding carboxylic acids is 1.